The lowest BCUT2D eigenvalue weighted by Crippen LogP contribution is -2.50. The van der Waals surface area contributed by atoms with E-state index in [0.29, 0.717) is 6.61 Å². The Kier molecular flexibility index (Phi) is 5.83. The van der Waals surface area contributed by atoms with Crippen LogP contribution in [0.4, 0.5) is 5.69 Å². The highest BCUT2D eigenvalue weighted by Gasteiger charge is 2.37. The number of nitrogens with two attached hydrogens (primary N) is 1. The van der Waals surface area contributed by atoms with Gasteiger partial charge in [0, 0.05) is 17.8 Å². The van der Waals surface area contributed by atoms with Gasteiger partial charge in [-0.25, -0.2) is 0 Å². The van der Waals surface area contributed by atoms with Crippen molar-refractivity contribution in [1.29, 1.82) is 0 Å². The van der Waals surface area contributed by atoms with Crippen LogP contribution in [0.2, 0.25) is 0 Å². The molecule has 1 rings (SSSR count). The molecule has 0 aliphatic heterocycles. The second-order valence-electron chi connectivity index (χ2n) is 4.80. The van der Waals surface area contributed by atoms with E-state index in [0.717, 1.165) is 12.1 Å². The van der Waals surface area contributed by atoms with Crippen LogP contribution in [0.25, 0.3) is 0 Å². The van der Waals surface area contributed by atoms with E-state index >= 15 is 0 Å². The van der Waals surface area contributed by atoms with Gasteiger partial charge >= 0.3 is 5.97 Å². The molecule has 19 heavy (non-hydrogen) atoms. The Balaban J connectivity index is 2.90. The van der Waals surface area contributed by atoms with Crippen LogP contribution in [0.5, 0.6) is 0 Å². The topological polar surface area (TPSA) is 64.3 Å². The normalized spacial score (nSPS) is 15.4. The average molecular weight is 264 g/mol. The Morgan fingerprint density at radius 1 is 1.37 bits per heavy atom. The zero-order chi connectivity index (χ0) is 14.3. The molecule has 106 valence electrons. The maximum atomic E-state index is 12.0. The van der Waals surface area contributed by atoms with Gasteiger partial charge in [-0.05, 0) is 32.4 Å². The molecule has 3 N–H and O–H groups in total. The minimum Gasteiger partial charge on any atom is -0.466 e. The van der Waals surface area contributed by atoms with Crippen LogP contribution in [0, 0.1) is 5.92 Å². The predicted octanol–water partition coefficient (Wildman–Crippen LogP) is 2.41. The number of benzene rings is 1. The molecule has 0 amide bonds. The van der Waals surface area contributed by atoms with Crippen molar-refractivity contribution in [2.24, 2.45) is 11.7 Å². The maximum absolute atomic E-state index is 12.0. The number of rotatable bonds is 7. The Hall–Kier alpha value is -1.55. The number of carbonyl (C=O) groups excluding carboxylic acids is 1. The van der Waals surface area contributed by atoms with E-state index in [4.69, 9.17) is 10.5 Å². The third-order valence-corrected chi connectivity index (χ3v) is 3.51. The van der Waals surface area contributed by atoms with Crippen LogP contribution in [0.3, 0.4) is 0 Å². The molecular formula is C15H24N2O2. The molecule has 0 saturated carbocycles. The van der Waals surface area contributed by atoms with Gasteiger partial charge in [-0.15, -0.1) is 0 Å². The van der Waals surface area contributed by atoms with Crippen molar-refractivity contribution in [3.8, 4) is 0 Å². The summed E-state index contributed by atoms with van der Waals surface area (Å²) >= 11 is 0. The Bertz CT molecular complexity index is 394. The zero-order valence-electron chi connectivity index (χ0n) is 12.0. The molecule has 0 aliphatic rings. The summed E-state index contributed by atoms with van der Waals surface area (Å²) in [6.07, 6.45) is 0.780. The molecule has 2 atom stereocenters. The summed E-state index contributed by atoms with van der Waals surface area (Å²) < 4.78 is 5.12. The molecule has 0 aromatic heterocycles. The largest absolute Gasteiger partial charge is 0.466 e. The standard InChI is InChI=1S/C15H24N2O2/c1-4-15(3,13(11-16)14(18)19-5-2)17-12-9-7-6-8-10-12/h6-10,13,17H,4-5,11,16H2,1-3H3/t13-,15+/m1/s1. The van der Waals surface area contributed by atoms with Gasteiger partial charge in [0.25, 0.3) is 0 Å². The molecule has 0 saturated heterocycles. The van der Waals surface area contributed by atoms with Gasteiger partial charge in [0.15, 0.2) is 0 Å². The van der Waals surface area contributed by atoms with Crippen molar-refractivity contribution in [2.45, 2.75) is 32.7 Å². The molecule has 0 spiro atoms. The summed E-state index contributed by atoms with van der Waals surface area (Å²) in [6, 6.07) is 9.83. The zero-order valence-corrected chi connectivity index (χ0v) is 12.0. The molecule has 1 aromatic rings. The van der Waals surface area contributed by atoms with Crippen molar-refractivity contribution in [3.05, 3.63) is 30.3 Å². The molecular weight excluding hydrogens is 240 g/mol. The lowest BCUT2D eigenvalue weighted by molar-refractivity contribution is -0.149. The van der Waals surface area contributed by atoms with Crippen molar-refractivity contribution in [1.82, 2.24) is 0 Å². The second kappa shape index (κ2) is 7.14. The molecule has 0 aliphatic carbocycles. The minimum atomic E-state index is -0.414. The van der Waals surface area contributed by atoms with Gasteiger partial charge in [-0.1, -0.05) is 25.1 Å². The highest BCUT2D eigenvalue weighted by molar-refractivity contribution is 5.75. The molecule has 4 heteroatoms. The molecule has 1 aromatic carbocycles. The minimum absolute atomic E-state index is 0.238. The van der Waals surface area contributed by atoms with Crippen LogP contribution in [-0.2, 0) is 9.53 Å². The molecule has 0 unspecified atom stereocenters. The first-order chi connectivity index (χ1) is 9.07. The molecule has 0 heterocycles. The predicted molar refractivity (Wildman–Crippen MR) is 77.9 cm³/mol. The summed E-state index contributed by atoms with van der Waals surface area (Å²) in [5.41, 5.74) is 6.35. The summed E-state index contributed by atoms with van der Waals surface area (Å²) in [6.45, 7) is 6.50. The van der Waals surface area contributed by atoms with Gasteiger partial charge in [-0.3, -0.25) is 4.79 Å². The SMILES string of the molecule is CCOC(=O)[C@@H](CN)[C@](C)(CC)Nc1ccccc1. The van der Waals surface area contributed by atoms with Gasteiger partial charge < -0.3 is 15.8 Å². The third-order valence-electron chi connectivity index (χ3n) is 3.51. The van der Waals surface area contributed by atoms with Crippen LogP contribution >= 0.6 is 0 Å². The van der Waals surface area contributed by atoms with Gasteiger partial charge in [-0.2, -0.15) is 0 Å². The lowest BCUT2D eigenvalue weighted by Gasteiger charge is -2.36. The number of nitrogens with one attached hydrogen (secondary N) is 1. The fourth-order valence-corrected chi connectivity index (χ4v) is 2.13. The van der Waals surface area contributed by atoms with Crippen molar-refractivity contribution in [2.75, 3.05) is 18.5 Å². The number of ether oxygens (including phenoxy) is 1. The van der Waals surface area contributed by atoms with Gasteiger partial charge in [0.1, 0.15) is 0 Å². The highest BCUT2D eigenvalue weighted by Crippen LogP contribution is 2.27. The average Bonchev–Trinajstić information content (AvgIpc) is 2.41. The van der Waals surface area contributed by atoms with E-state index in [-0.39, 0.29) is 18.4 Å². The van der Waals surface area contributed by atoms with E-state index < -0.39 is 5.54 Å². The Morgan fingerprint density at radius 2 is 2.00 bits per heavy atom. The van der Waals surface area contributed by atoms with E-state index in [9.17, 15) is 4.79 Å². The van der Waals surface area contributed by atoms with E-state index in [1.165, 1.54) is 0 Å². The van der Waals surface area contributed by atoms with Crippen molar-refractivity contribution < 1.29 is 9.53 Å². The first-order valence-electron chi connectivity index (χ1n) is 6.77. The fourth-order valence-electron chi connectivity index (χ4n) is 2.13. The van der Waals surface area contributed by atoms with E-state index in [1.54, 1.807) is 6.92 Å². The molecule has 0 bridgehead atoms. The summed E-state index contributed by atoms with van der Waals surface area (Å²) in [4.78, 5) is 12.0. The van der Waals surface area contributed by atoms with Gasteiger partial charge in [0.05, 0.1) is 12.5 Å². The maximum Gasteiger partial charge on any atom is 0.312 e. The summed E-state index contributed by atoms with van der Waals surface area (Å²) in [5, 5.41) is 3.41. The van der Waals surface area contributed by atoms with E-state index in [2.05, 4.69) is 5.32 Å². The quantitative estimate of drug-likeness (QED) is 0.742. The van der Waals surface area contributed by atoms with Crippen LogP contribution in [-0.4, -0.2) is 24.7 Å². The number of anilines is 1. The monoisotopic (exact) mass is 264 g/mol. The second-order valence-corrected chi connectivity index (χ2v) is 4.80. The number of hydrogen-bond acceptors (Lipinski definition) is 4. The number of hydrogen-bond donors (Lipinski definition) is 2. The molecule has 4 nitrogen and oxygen atoms in total. The molecule has 0 radical (unpaired) electrons. The van der Waals surface area contributed by atoms with Crippen LogP contribution < -0.4 is 11.1 Å². The van der Waals surface area contributed by atoms with Gasteiger partial charge in [0.2, 0.25) is 0 Å². The number of esters is 1. The van der Waals surface area contributed by atoms with E-state index in [1.807, 2.05) is 44.2 Å². The number of para-hydroxylation sites is 1. The smallest absolute Gasteiger partial charge is 0.312 e. The number of carbonyl (C=O) groups is 1. The van der Waals surface area contributed by atoms with Crippen LogP contribution in [0.1, 0.15) is 27.2 Å². The highest BCUT2D eigenvalue weighted by atomic mass is 16.5. The Labute approximate surface area is 115 Å². The van der Waals surface area contributed by atoms with Crippen molar-refractivity contribution in [3.63, 3.8) is 0 Å². The molecule has 0 fully saturated rings. The third kappa shape index (κ3) is 3.96. The fraction of sp³-hybridized carbons (Fsp3) is 0.533. The first-order valence-corrected chi connectivity index (χ1v) is 6.77. The lowest BCUT2D eigenvalue weighted by atomic mass is 9.82. The van der Waals surface area contributed by atoms with Crippen molar-refractivity contribution >= 4 is 11.7 Å². The Morgan fingerprint density at radius 3 is 2.47 bits per heavy atom. The summed E-state index contributed by atoms with van der Waals surface area (Å²) in [7, 11) is 0. The summed E-state index contributed by atoms with van der Waals surface area (Å²) in [5.74, 6) is -0.601. The van der Waals surface area contributed by atoms with Crippen LogP contribution in [0.15, 0.2) is 30.3 Å². The first kappa shape index (κ1) is 15.5.